The molecular formula is C20H26O2. The standard InChI is InChI=1S/C20H26O2/c1-12(2)16-8-7-14(5)19(10-16)22-20-9-15(6)18(21)11-17(20)13(3)4/h7-13,21H,1-6H3. The number of hydrogen-bond acceptors (Lipinski definition) is 2. The number of hydrogen-bond donors (Lipinski definition) is 1. The molecular weight excluding hydrogens is 272 g/mol. The SMILES string of the molecule is Cc1cc(Oc2cc(C(C)C)ccc2C)c(C(C)C)cc1O. The second-order valence-corrected chi connectivity index (χ2v) is 6.61. The van der Waals surface area contributed by atoms with Crippen LogP contribution < -0.4 is 4.74 Å². The lowest BCUT2D eigenvalue weighted by Crippen LogP contribution is -1.97. The maximum atomic E-state index is 9.96. The summed E-state index contributed by atoms with van der Waals surface area (Å²) >= 11 is 0. The van der Waals surface area contributed by atoms with Crippen molar-refractivity contribution in [1.82, 2.24) is 0 Å². The van der Waals surface area contributed by atoms with Gasteiger partial charge >= 0.3 is 0 Å². The van der Waals surface area contributed by atoms with Crippen molar-refractivity contribution >= 4 is 0 Å². The lowest BCUT2D eigenvalue weighted by Gasteiger charge is -2.18. The van der Waals surface area contributed by atoms with Gasteiger partial charge in [-0.25, -0.2) is 0 Å². The molecule has 0 aliphatic carbocycles. The highest BCUT2D eigenvalue weighted by atomic mass is 16.5. The van der Waals surface area contributed by atoms with E-state index in [1.54, 1.807) is 0 Å². The fraction of sp³-hybridized carbons (Fsp3) is 0.400. The van der Waals surface area contributed by atoms with Crippen molar-refractivity contribution in [1.29, 1.82) is 0 Å². The van der Waals surface area contributed by atoms with E-state index in [2.05, 4.69) is 52.8 Å². The van der Waals surface area contributed by atoms with Crippen LogP contribution in [0.2, 0.25) is 0 Å². The molecule has 0 spiro atoms. The summed E-state index contributed by atoms with van der Waals surface area (Å²) in [6.45, 7) is 12.5. The van der Waals surface area contributed by atoms with E-state index in [4.69, 9.17) is 4.74 Å². The molecule has 0 heterocycles. The molecule has 2 nitrogen and oxygen atoms in total. The first-order valence-electron chi connectivity index (χ1n) is 7.91. The van der Waals surface area contributed by atoms with Crippen LogP contribution in [0.15, 0.2) is 30.3 Å². The van der Waals surface area contributed by atoms with Crippen LogP contribution in [0, 0.1) is 13.8 Å². The van der Waals surface area contributed by atoms with E-state index in [0.29, 0.717) is 11.7 Å². The molecule has 0 saturated carbocycles. The molecule has 22 heavy (non-hydrogen) atoms. The van der Waals surface area contributed by atoms with E-state index in [0.717, 1.165) is 28.2 Å². The van der Waals surface area contributed by atoms with Gasteiger partial charge in [-0.15, -0.1) is 0 Å². The van der Waals surface area contributed by atoms with Gasteiger partial charge in [0.25, 0.3) is 0 Å². The minimum absolute atomic E-state index is 0.287. The first kappa shape index (κ1) is 16.4. The van der Waals surface area contributed by atoms with Gasteiger partial charge in [-0.2, -0.15) is 0 Å². The van der Waals surface area contributed by atoms with Gasteiger partial charge < -0.3 is 9.84 Å². The summed E-state index contributed by atoms with van der Waals surface area (Å²) in [6.07, 6.45) is 0. The van der Waals surface area contributed by atoms with Crippen molar-refractivity contribution < 1.29 is 9.84 Å². The Labute approximate surface area is 133 Å². The van der Waals surface area contributed by atoms with Crippen LogP contribution in [0.5, 0.6) is 17.2 Å². The molecule has 2 rings (SSSR count). The van der Waals surface area contributed by atoms with Gasteiger partial charge in [0.15, 0.2) is 0 Å². The summed E-state index contributed by atoms with van der Waals surface area (Å²) in [5.41, 5.74) is 4.24. The number of benzene rings is 2. The van der Waals surface area contributed by atoms with Crippen molar-refractivity contribution in [2.75, 3.05) is 0 Å². The molecule has 0 saturated heterocycles. The van der Waals surface area contributed by atoms with Crippen LogP contribution in [0.4, 0.5) is 0 Å². The van der Waals surface area contributed by atoms with Crippen LogP contribution in [0.25, 0.3) is 0 Å². The maximum Gasteiger partial charge on any atom is 0.131 e. The Morgan fingerprint density at radius 2 is 1.50 bits per heavy atom. The molecule has 0 amide bonds. The number of aryl methyl sites for hydroxylation is 2. The monoisotopic (exact) mass is 298 g/mol. The van der Waals surface area contributed by atoms with Crippen LogP contribution in [0.3, 0.4) is 0 Å². The zero-order valence-corrected chi connectivity index (χ0v) is 14.4. The lowest BCUT2D eigenvalue weighted by molar-refractivity contribution is 0.451. The number of rotatable bonds is 4. The fourth-order valence-corrected chi connectivity index (χ4v) is 2.43. The highest BCUT2D eigenvalue weighted by Gasteiger charge is 2.14. The lowest BCUT2D eigenvalue weighted by atomic mass is 9.99. The minimum atomic E-state index is 0.287. The van der Waals surface area contributed by atoms with Gasteiger partial charge in [0.05, 0.1) is 0 Å². The van der Waals surface area contributed by atoms with Crippen molar-refractivity contribution in [2.24, 2.45) is 0 Å². The first-order chi connectivity index (χ1) is 10.3. The van der Waals surface area contributed by atoms with E-state index in [1.165, 1.54) is 5.56 Å². The smallest absolute Gasteiger partial charge is 0.131 e. The third kappa shape index (κ3) is 3.44. The van der Waals surface area contributed by atoms with Crippen LogP contribution in [-0.4, -0.2) is 5.11 Å². The van der Waals surface area contributed by atoms with Crippen molar-refractivity contribution in [3.8, 4) is 17.2 Å². The minimum Gasteiger partial charge on any atom is -0.508 e. The second kappa shape index (κ2) is 6.43. The highest BCUT2D eigenvalue weighted by molar-refractivity contribution is 5.49. The Morgan fingerprint density at radius 1 is 0.818 bits per heavy atom. The topological polar surface area (TPSA) is 29.5 Å². The average molecular weight is 298 g/mol. The molecule has 118 valence electrons. The van der Waals surface area contributed by atoms with E-state index in [1.807, 2.05) is 19.1 Å². The summed E-state index contributed by atoms with van der Waals surface area (Å²) in [5.74, 6) is 2.79. The molecule has 0 radical (unpaired) electrons. The summed E-state index contributed by atoms with van der Waals surface area (Å²) in [4.78, 5) is 0. The summed E-state index contributed by atoms with van der Waals surface area (Å²) in [5, 5.41) is 9.96. The van der Waals surface area contributed by atoms with E-state index in [-0.39, 0.29) is 5.92 Å². The Balaban J connectivity index is 2.46. The summed E-state index contributed by atoms with van der Waals surface area (Å²) in [7, 11) is 0. The third-order valence-corrected chi connectivity index (χ3v) is 4.05. The van der Waals surface area contributed by atoms with Crippen LogP contribution in [-0.2, 0) is 0 Å². The van der Waals surface area contributed by atoms with Crippen molar-refractivity contribution in [3.05, 3.63) is 52.6 Å². The summed E-state index contributed by atoms with van der Waals surface area (Å²) < 4.78 is 6.22. The Bertz CT molecular complexity index is 670. The molecule has 0 bridgehead atoms. The van der Waals surface area contributed by atoms with Crippen LogP contribution in [0.1, 0.15) is 61.8 Å². The van der Waals surface area contributed by atoms with Gasteiger partial charge in [0.1, 0.15) is 17.2 Å². The number of aromatic hydroxyl groups is 1. The Kier molecular flexibility index (Phi) is 4.80. The molecule has 0 fully saturated rings. The number of phenolic OH excluding ortho intramolecular Hbond substituents is 1. The van der Waals surface area contributed by atoms with Gasteiger partial charge in [0.2, 0.25) is 0 Å². The number of ether oxygens (including phenoxy) is 1. The highest BCUT2D eigenvalue weighted by Crippen LogP contribution is 2.37. The van der Waals surface area contributed by atoms with Gasteiger partial charge in [0, 0.05) is 5.56 Å². The van der Waals surface area contributed by atoms with E-state index < -0.39 is 0 Å². The third-order valence-electron chi connectivity index (χ3n) is 4.05. The summed E-state index contributed by atoms with van der Waals surface area (Å²) in [6, 6.07) is 10.1. The average Bonchev–Trinajstić information content (AvgIpc) is 2.44. The first-order valence-corrected chi connectivity index (χ1v) is 7.91. The predicted molar refractivity (Wildman–Crippen MR) is 92.3 cm³/mol. The van der Waals surface area contributed by atoms with E-state index in [9.17, 15) is 5.11 Å². The molecule has 0 unspecified atom stereocenters. The molecule has 2 aromatic rings. The normalized spacial score (nSPS) is 11.3. The molecule has 0 aliphatic rings. The maximum absolute atomic E-state index is 9.96. The number of phenols is 1. The Morgan fingerprint density at radius 3 is 2.09 bits per heavy atom. The molecule has 1 N–H and O–H groups in total. The van der Waals surface area contributed by atoms with E-state index >= 15 is 0 Å². The largest absolute Gasteiger partial charge is 0.508 e. The Hall–Kier alpha value is -1.96. The van der Waals surface area contributed by atoms with Crippen molar-refractivity contribution in [3.63, 3.8) is 0 Å². The predicted octanol–water partition coefficient (Wildman–Crippen LogP) is 6.05. The van der Waals surface area contributed by atoms with Crippen LogP contribution >= 0.6 is 0 Å². The van der Waals surface area contributed by atoms with Gasteiger partial charge in [-0.1, -0.05) is 39.8 Å². The quantitative estimate of drug-likeness (QED) is 0.744. The molecule has 2 heteroatoms. The molecule has 2 aromatic carbocycles. The van der Waals surface area contributed by atoms with Crippen molar-refractivity contribution in [2.45, 2.75) is 53.4 Å². The van der Waals surface area contributed by atoms with Gasteiger partial charge in [-0.05, 0) is 60.6 Å². The second-order valence-electron chi connectivity index (χ2n) is 6.61. The van der Waals surface area contributed by atoms with Gasteiger partial charge in [-0.3, -0.25) is 0 Å². The zero-order valence-electron chi connectivity index (χ0n) is 14.4. The fourth-order valence-electron chi connectivity index (χ4n) is 2.43. The molecule has 0 aromatic heterocycles. The zero-order chi connectivity index (χ0) is 16.4. The molecule has 0 atom stereocenters. The molecule has 0 aliphatic heterocycles.